The predicted octanol–water partition coefficient (Wildman–Crippen LogP) is 2.78. The Morgan fingerprint density at radius 1 is 1.25 bits per heavy atom. The molecule has 0 aliphatic heterocycles. The van der Waals surface area contributed by atoms with E-state index in [0.717, 1.165) is 30.0 Å². The fraction of sp³-hybridized carbons (Fsp3) is 0.312. The Kier molecular flexibility index (Phi) is 5.38. The number of nitrogens with two attached hydrogens (primary N) is 1. The van der Waals surface area contributed by atoms with Crippen LogP contribution < -0.4 is 15.8 Å². The molecular weight excluding hydrogens is 250 g/mol. The summed E-state index contributed by atoms with van der Waals surface area (Å²) in [6.45, 7) is 3.60. The summed E-state index contributed by atoms with van der Waals surface area (Å²) in [6.07, 6.45) is 4.38. The van der Waals surface area contributed by atoms with Gasteiger partial charge in [0.2, 0.25) is 0 Å². The molecule has 4 heteroatoms. The lowest BCUT2D eigenvalue weighted by Gasteiger charge is -2.19. The minimum atomic E-state index is 0.164. The van der Waals surface area contributed by atoms with Gasteiger partial charge < -0.3 is 15.8 Å². The Morgan fingerprint density at radius 3 is 2.75 bits per heavy atom. The zero-order chi connectivity index (χ0) is 14.2. The summed E-state index contributed by atoms with van der Waals surface area (Å²) in [6, 6.07) is 11.8. The molecule has 0 radical (unpaired) electrons. The van der Waals surface area contributed by atoms with Crippen LogP contribution in [0.3, 0.4) is 0 Å². The highest BCUT2D eigenvalue weighted by Crippen LogP contribution is 2.22. The summed E-state index contributed by atoms with van der Waals surface area (Å²) in [7, 11) is 0. The van der Waals surface area contributed by atoms with Crippen molar-refractivity contribution < 1.29 is 4.74 Å². The summed E-state index contributed by atoms with van der Waals surface area (Å²) < 4.78 is 5.74. The van der Waals surface area contributed by atoms with E-state index < -0.39 is 0 Å². The van der Waals surface area contributed by atoms with Gasteiger partial charge in [-0.25, -0.2) is 0 Å². The number of nitrogens with one attached hydrogen (secondary N) is 1. The van der Waals surface area contributed by atoms with Gasteiger partial charge in [0.15, 0.2) is 0 Å². The molecular formula is C16H21N3O. The van der Waals surface area contributed by atoms with E-state index in [-0.39, 0.29) is 6.04 Å². The van der Waals surface area contributed by atoms with E-state index in [4.69, 9.17) is 10.5 Å². The first-order chi connectivity index (χ1) is 9.81. The van der Waals surface area contributed by atoms with Gasteiger partial charge in [0.25, 0.3) is 0 Å². The average Bonchev–Trinajstić information content (AvgIpc) is 2.48. The number of nitrogen functional groups attached to an aromatic ring is 1. The van der Waals surface area contributed by atoms with Crippen molar-refractivity contribution in [2.75, 3.05) is 18.9 Å². The van der Waals surface area contributed by atoms with Gasteiger partial charge in [0.05, 0.1) is 6.61 Å². The van der Waals surface area contributed by atoms with Gasteiger partial charge in [0, 0.05) is 36.1 Å². The molecule has 0 fully saturated rings. The topological polar surface area (TPSA) is 60.2 Å². The molecule has 0 bridgehead atoms. The molecule has 1 aromatic carbocycles. The van der Waals surface area contributed by atoms with Gasteiger partial charge >= 0.3 is 0 Å². The van der Waals surface area contributed by atoms with Gasteiger partial charge in [-0.3, -0.25) is 4.98 Å². The van der Waals surface area contributed by atoms with Crippen LogP contribution in [0.15, 0.2) is 48.8 Å². The number of pyridine rings is 1. The molecule has 20 heavy (non-hydrogen) atoms. The number of anilines is 1. The highest BCUT2D eigenvalue weighted by atomic mass is 16.5. The van der Waals surface area contributed by atoms with Crippen LogP contribution in [0.25, 0.3) is 0 Å². The van der Waals surface area contributed by atoms with Crippen molar-refractivity contribution in [1.29, 1.82) is 0 Å². The molecule has 1 aromatic heterocycles. The molecule has 106 valence electrons. The van der Waals surface area contributed by atoms with Gasteiger partial charge in [-0.05, 0) is 24.7 Å². The fourth-order valence-corrected chi connectivity index (χ4v) is 2.13. The monoisotopic (exact) mass is 271 g/mol. The number of hydrogen-bond acceptors (Lipinski definition) is 4. The minimum Gasteiger partial charge on any atom is -0.494 e. The Labute approximate surface area is 120 Å². The first kappa shape index (κ1) is 14.3. The Bertz CT molecular complexity index is 516. The molecule has 2 rings (SSSR count). The molecule has 0 aliphatic rings. The largest absolute Gasteiger partial charge is 0.494 e. The fourth-order valence-electron chi connectivity index (χ4n) is 2.13. The van der Waals surface area contributed by atoms with E-state index in [1.165, 1.54) is 0 Å². The summed E-state index contributed by atoms with van der Waals surface area (Å²) in [5, 5.41) is 3.43. The minimum absolute atomic E-state index is 0.164. The van der Waals surface area contributed by atoms with Crippen LogP contribution >= 0.6 is 0 Å². The van der Waals surface area contributed by atoms with Crippen molar-refractivity contribution in [1.82, 2.24) is 10.3 Å². The van der Waals surface area contributed by atoms with Crippen molar-refractivity contribution in [3.8, 4) is 5.75 Å². The zero-order valence-electron chi connectivity index (χ0n) is 11.8. The molecule has 1 atom stereocenters. The van der Waals surface area contributed by atoms with Crippen molar-refractivity contribution in [3.05, 3.63) is 54.4 Å². The predicted molar refractivity (Wildman–Crippen MR) is 81.6 cm³/mol. The maximum absolute atomic E-state index is 6.01. The Morgan fingerprint density at radius 2 is 2.05 bits per heavy atom. The summed E-state index contributed by atoms with van der Waals surface area (Å²) >= 11 is 0. The van der Waals surface area contributed by atoms with Crippen LogP contribution in [0.5, 0.6) is 5.75 Å². The quantitative estimate of drug-likeness (QED) is 0.813. The number of para-hydroxylation sites is 1. The first-order valence-corrected chi connectivity index (χ1v) is 6.92. The molecule has 0 saturated heterocycles. The number of hydrogen-bond donors (Lipinski definition) is 2. The smallest absolute Gasteiger partial charge is 0.119 e. The van der Waals surface area contributed by atoms with Crippen molar-refractivity contribution in [2.24, 2.45) is 0 Å². The van der Waals surface area contributed by atoms with Crippen LogP contribution in [0.2, 0.25) is 0 Å². The van der Waals surface area contributed by atoms with Crippen LogP contribution in [0.4, 0.5) is 5.69 Å². The number of ether oxygens (including phenoxy) is 1. The summed E-state index contributed by atoms with van der Waals surface area (Å²) in [5.41, 5.74) is 7.82. The van der Waals surface area contributed by atoms with Gasteiger partial charge in [0.1, 0.15) is 5.75 Å². The molecule has 0 aliphatic carbocycles. The van der Waals surface area contributed by atoms with Crippen LogP contribution in [-0.2, 0) is 0 Å². The summed E-state index contributed by atoms with van der Waals surface area (Å²) in [5.74, 6) is 0.891. The molecule has 3 N–H and O–H groups in total. The standard InChI is InChI=1S/C16H21N3O/c1-2-19-16(14-12-18-10-8-15(14)17)9-11-20-13-6-4-3-5-7-13/h3-8,10,12,16,19H,2,9,11H2,1H3,(H2,17,18). The van der Waals surface area contributed by atoms with Crippen LogP contribution in [0, 0.1) is 0 Å². The van der Waals surface area contributed by atoms with E-state index in [1.807, 2.05) is 42.6 Å². The second-order valence-corrected chi connectivity index (χ2v) is 4.57. The summed E-state index contributed by atoms with van der Waals surface area (Å²) in [4.78, 5) is 4.15. The third-order valence-corrected chi connectivity index (χ3v) is 3.13. The van der Waals surface area contributed by atoms with E-state index in [9.17, 15) is 0 Å². The number of rotatable bonds is 7. The third kappa shape index (κ3) is 3.96. The van der Waals surface area contributed by atoms with Gasteiger partial charge in [-0.1, -0.05) is 25.1 Å². The normalized spacial score (nSPS) is 12.1. The van der Waals surface area contributed by atoms with E-state index in [0.29, 0.717) is 6.61 Å². The lowest BCUT2D eigenvalue weighted by atomic mass is 10.0. The SMILES string of the molecule is CCNC(CCOc1ccccc1)c1cnccc1N. The highest BCUT2D eigenvalue weighted by Gasteiger charge is 2.13. The zero-order valence-corrected chi connectivity index (χ0v) is 11.8. The number of aromatic nitrogens is 1. The third-order valence-electron chi connectivity index (χ3n) is 3.13. The van der Waals surface area contributed by atoms with Crippen molar-refractivity contribution in [2.45, 2.75) is 19.4 Å². The van der Waals surface area contributed by atoms with Gasteiger partial charge in [-0.15, -0.1) is 0 Å². The lowest BCUT2D eigenvalue weighted by Crippen LogP contribution is -2.24. The molecule has 2 aromatic rings. The number of nitrogens with zero attached hydrogens (tertiary/aromatic N) is 1. The highest BCUT2D eigenvalue weighted by molar-refractivity contribution is 5.46. The van der Waals surface area contributed by atoms with E-state index >= 15 is 0 Å². The van der Waals surface area contributed by atoms with Crippen LogP contribution in [-0.4, -0.2) is 18.1 Å². The van der Waals surface area contributed by atoms with Crippen molar-refractivity contribution >= 4 is 5.69 Å². The Hall–Kier alpha value is -2.07. The van der Waals surface area contributed by atoms with Crippen molar-refractivity contribution in [3.63, 3.8) is 0 Å². The van der Waals surface area contributed by atoms with E-state index in [2.05, 4.69) is 17.2 Å². The molecule has 0 spiro atoms. The number of benzene rings is 1. The van der Waals surface area contributed by atoms with Crippen LogP contribution in [0.1, 0.15) is 24.9 Å². The molecule has 0 saturated carbocycles. The molecule has 1 unspecified atom stereocenters. The maximum Gasteiger partial charge on any atom is 0.119 e. The molecule has 1 heterocycles. The maximum atomic E-state index is 6.01. The van der Waals surface area contributed by atoms with E-state index in [1.54, 1.807) is 6.20 Å². The molecule has 4 nitrogen and oxygen atoms in total. The lowest BCUT2D eigenvalue weighted by molar-refractivity contribution is 0.287. The first-order valence-electron chi connectivity index (χ1n) is 6.92. The molecule has 0 amide bonds. The second-order valence-electron chi connectivity index (χ2n) is 4.57. The Balaban J connectivity index is 1.95. The average molecular weight is 271 g/mol. The van der Waals surface area contributed by atoms with Gasteiger partial charge in [-0.2, -0.15) is 0 Å². The second kappa shape index (κ2) is 7.50.